The SMILES string of the molecule is Cc1c(C)n(Cc2ccc(F)cc2)c2ccc(C(=O)NCc3ccccc3F)cc12. The average Bonchev–Trinajstić information content (AvgIpc) is 2.99. The van der Waals surface area contributed by atoms with Gasteiger partial charge in [0.05, 0.1) is 0 Å². The topological polar surface area (TPSA) is 34.0 Å². The number of nitrogens with one attached hydrogen (secondary N) is 1. The van der Waals surface area contributed by atoms with Gasteiger partial charge in [0.2, 0.25) is 0 Å². The van der Waals surface area contributed by atoms with Gasteiger partial charge in [-0.2, -0.15) is 0 Å². The first-order chi connectivity index (χ1) is 14.4. The number of rotatable bonds is 5. The molecule has 5 heteroatoms. The van der Waals surface area contributed by atoms with Crippen LogP contribution in [-0.2, 0) is 13.1 Å². The Labute approximate surface area is 174 Å². The summed E-state index contributed by atoms with van der Waals surface area (Å²) in [6, 6.07) is 18.4. The summed E-state index contributed by atoms with van der Waals surface area (Å²) in [5.41, 5.74) is 5.18. The number of nitrogens with zero attached hydrogens (tertiary/aromatic N) is 1. The summed E-state index contributed by atoms with van der Waals surface area (Å²) in [5, 5.41) is 3.78. The molecule has 0 radical (unpaired) electrons. The fourth-order valence-electron chi connectivity index (χ4n) is 3.69. The van der Waals surface area contributed by atoms with E-state index in [0.29, 0.717) is 17.7 Å². The summed E-state index contributed by atoms with van der Waals surface area (Å²) in [6.45, 7) is 4.82. The van der Waals surface area contributed by atoms with Gasteiger partial charge >= 0.3 is 0 Å². The molecule has 1 heterocycles. The van der Waals surface area contributed by atoms with E-state index in [1.807, 2.05) is 26.0 Å². The fraction of sp³-hybridized carbons (Fsp3) is 0.160. The van der Waals surface area contributed by atoms with Gasteiger partial charge in [-0.15, -0.1) is 0 Å². The molecule has 0 aliphatic rings. The highest BCUT2D eigenvalue weighted by Crippen LogP contribution is 2.27. The minimum Gasteiger partial charge on any atom is -0.348 e. The van der Waals surface area contributed by atoms with Crippen LogP contribution in [0.4, 0.5) is 8.78 Å². The van der Waals surface area contributed by atoms with E-state index in [4.69, 9.17) is 0 Å². The summed E-state index contributed by atoms with van der Waals surface area (Å²) in [5.74, 6) is -0.837. The van der Waals surface area contributed by atoms with Crippen molar-refractivity contribution >= 4 is 16.8 Å². The van der Waals surface area contributed by atoms with Crippen molar-refractivity contribution < 1.29 is 13.6 Å². The van der Waals surface area contributed by atoms with E-state index in [0.717, 1.165) is 27.7 Å². The maximum Gasteiger partial charge on any atom is 0.251 e. The highest BCUT2D eigenvalue weighted by Gasteiger charge is 2.14. The smallest absolute Gasteiger partial charge is 0.251 e. The van der Waals surface area contributed by atoms with Crippen LogP contribution >= 0.6 is 0 Å². The van der Waals surface area contributed by atoms with Crippen LogP contribution in [0.5, 0.6) is 0 Å². The second-order valence-electron chi connectivity index (χ2n) is 7.43. The maximum atomic E-state index is 13.8. The van der Waals surface area contributed by atoms with E-state index < -0.39 is 0 Å². The van der Waals surface area contributed by atoms with E-state index in [9.17, 15) is 13.6 Å². The van der Waals surface area contributed by atoms with E-state index in [2.05, 4.69) is 9.88 Å². The van der Waals surface area contributed by atoms with Crippen LogP contribution < -0.4 is 5.32 Å². The van der Waals surface area contributed by atoms with Gasteiger partial charge in [-0.05, 0) is 61.4 Å². The largest absolute Gasteiger partial charge is 0.348 e. The van der Waals surface area contributed by atoms with Gasteiger partial charge in [-0.25, -0.2) is 8.78 Å². The number of aryl methyl sites for hydroxylation is 1. The summed E-state index contributed by atoms with van der Waals surface area (Å²) in [7, 11) is 0. The molecule has 0 aliphatic carbocycles. The average molecular weight is 404 g/mol. The molecular weight excluding hydrogens is 382 g/mol. The van der Waals surface area contributed by atoms with Gasteiger partial charge in [-0.3, -0.25) is 4.79 Å². The van der Waals surface area contributed by atoms with Gasteiger partial charge < -0.3 is 9.88 Å². The number of hydrogen-bond acceptors (Lipinski definition) is 1. The van der Waals surface area contributed by atoms with Crippen LogP contribution in [-0.4, -0.2) is 10.5 Å². The molecule has 3 nitrogen and oxygen atoms in total. The van der Waals surface area contributed by atoms with Crippen molar-refractivity contribution in [1.29, 1.82) is 0 Å². The number of carbonyl (C=O) groups is 1. The summed E-state index contributed by atoms with van der Waals surface area (Å²) >= 11 is 0. The molecule has 152 valence electrons. The lowest BCUT2D eigenvalue weighted by atomic mass is 10.1. The van der Waals surface area contributed by atoms with Gasteiger partial charge in [-0.1, -0.05) is 30.3 Å². The monoisotopic (exact) mass is 404 g/mol. The second kappa shape index (κ2) is 8.11. The number of amides is 1. The van der Waals surface area contributed by atoms with Crippen LogP contribution in [0.15, 0.2) is 66.7 Å². The number of aromatic nitrogens is 1. The van der Waals surface area contributed by atoms with Crippen molar-refractivity contribution in [1.82, 2.24) is 9.88 Å². The van der Waals surface area contributed by atoms with E-state index in [1.54, 1.807) is 36.4 Å². The fourth-order valence-corrected chi connectivity index (χ4v) is 3.69. The Morgan fingerprint density at radius 1 is 0.967 bits per heavy atom. The molecular formula is C25H22F2N2O. The van der Waals surface area contributed by atoms with Gasteiger partial charge in [0.1, 0.15) is 11.6 Å². The molecule has 0 bridgehead atoms. The maximum absolute atomic E-state index is 13.8. The van der Waals surface area contributed by atoms with Crippen LogP contribution in [0.2, 0.25) is 0 Å². The molecule has 4 rings (SSSR count). The lowest BCUT2D eigenvalue weighted by molar-refractivity contribution is 0.0950. The predicted molar refractivity (Wildman–Crippen MR) is 114 cm³/mol. The first-order valence-electron chi connectivity index (χ1n) is 9.79. The van der Waals surface area contributed by atoms with Crippen molar-refractivity contribution in [3.05, 3.63) is 106 Å². The lowest BCUT2D eigenvalue weighted by Crippen LogP contribution is -2.23. The molecule has 0 saturated heterocycles. The zero-order valence-electron chi connectivity index (χ0n) is 16.9. The number of halogens is 2. The molecule has 3 aromatic carbocycles. The van der Waals surface area contributed by atoms with Crippen molar-refractivity contribution in [2.75, 3.05) is 0 Å². The Morgan fingerprint density at radius 2 is 1.70 bits per heavy atom. The van der Waals surface area contributed by atoms with Crippen LogP contribution in [0.25, 0.3) is 10.9 Å². The van der Waals surface area contributed by atoms with Gasteiger partial charge in [0.25, 0.3) is 5.91 Å². The molecule has 1 amide bonds. The minimum absolute atomic E-state index is 0.132. The van der Waals surface area contributed by atoms with Crippen molar-refractivity contribution in [3.8, 4) is 0 Å². The third-order valence-corrected chi connectivity index (χ3v) is 5.55. The molecule has 30 heavy (non-hydrogen) atoms. The van der Waals surface area contributed by atoms with Crippen LogP contribution in [0.3, 0.4) is 0 Å². The molecule has 0 spiro atoms. The second-order valence-corrected chi connectivity index (χ2v) is 7.43. The highest BCUT2D eigenvalue weighted by atomic mass is 19.1. The number of hydrogen-bond donors (Lipinski definition) is 1. The number of carbonyl (C=O) groups excluding carboxylic acids is 1. The molecule has 4 aromatic rings. The summed E-state index contributed by atoms with van der Waals surface area (Å²) in [6.07, 6.45) is 0. The van der Waals surface area contributed by atoms with Crippen molar-refractivity contribution in [2.45, 2.75) is 26.9 Å². The van der Waals surface area contributed by atoms with Crippen molar-refractivity contribution in [2.24, 2.45) is 0 Å². The molecule has 1 N–H and O–H groups in total. The molecule has 0 atom stereocenters. The standard InChI is InChI=1S/C25H22F2N2O/c1-16-17(2)29(15-18-7-10-21(26)11-8-18)24-12-9-19(13-22(16)24)25(30)28-14-20-5-3-4-6-23(20)27/h3-13H,14-15H2,1-2H3,(H,28,30). The lowest BCUT2D eigenvalue weighted by Gasteiger charge is -2.10. The Bertz CT molecular complexity index is 1230. The molecule has 0 fully saturated rings. The Morgan fingerprint density at radius 3 is 2.43 bits per heavy atom. The minimum atomic E-state index is -0.336. The van der Waals surface area contributed by atoms with Gasteiger partial charge in [0.15, 0.2) is 0 Å². The normalized spacial score (nSPS) is 11.1. The molecule has 0 saturated carbocycles. The van der Waals surface area contributed by atoms with Crippen LogP contribution in [0.1, 0.15) is 32.7 Å². The number of fused-ring (bicyclic) bond motifs is 1. The summed E-state index contributed by atoms with van der Waals surface area (Å²) < 4.78 is 29.2. The zero-order chi connectivity index (χ0) is 21.3. The first-order valence-corrected chi connectivity index (χ1v) is 9.79. The molecule has 0 unspecified atom stereocenters. The first kappa shape index (κ1) is 19.8. The predicted octanol–water partition coefficient (Wildman–Crippen LogP) is 5.51. The Balaban J connectivity index is 1.59. The Kier molecular flexibility index (Phi) is 5.36. The highest BCUT2D eigenvalue weighted by molar-refractivity contribution is 5.99. The van der Waals surface area contributed by atoms with E-state index in [-0.39, 0.29) is 24.1 Å². The van der Waals surface area contributed by atoms with E-state index >= 15 is 0 Å². The van der Waals surface area contributed by atoms with Crippen molar-refractivity contribution in [3.63, 3.8) is 0 Å². The molecule has 1 aromatic heterocycles. The van der Waals surface area contributed by atoms with Gasteiger partial charge in [0, 0.05) is 40.8 Å². The van der Waals surface area contributed by atoms with E-state index in [1.165, 1.54) is 18.2 Å². The quantitative estimate of drug-likeness (QED) is 0.467. The van der Waals surface area contributed by atoms with Crippen LogP contribution in [0, 0.1) is 25.5 Å². The zero-order valence-corrected chi connectivity index (χ0v) is 16.9. The third-order valence-electron chi connectivity index (χ3n) is 5.55. The molecule has 0 aliphatic heterocycles. The number of benzene rings is 3. The third kappa shape index (κ3) is 3.83. The summed E-state index contributed by atoms with van der Waals surface area (Å²) in [4.78, 5) is 12.6. The Hall–Kier alpha value is -3.47.